The molecular formula is C38H46CaO10S2. The van der Waals surface area contributed by atoms with Crippen molar-refractivity contribution in [2.75, 3.05) is 0 Å². The Morgan fingerprint density at radius 1 is 0.588 bits per heavy atom. The van der Waals surface area contributed by atoms with E-state index in [4.69, 9.17) is 9.47 Å². The van der Waals surface area contributed by atoms with Crippen molar-refractivity contribution in [3.63, 3.8) is 0 Å². The molecule has 0 heterocycles. The summed E-state index contributed by atoms with van der Waals surface area (Å²) in [6.07, 6.45) is 12.4. The fraction of sp³-hybridized carbons (Fsp3) is 0.368. The molecule has 13 heteroatoms. The van der Waals surface area contributed by atoms with Crippen molar-refractivity contribution >= 4 is 58.0 Å². The van der Waals surface area contributed by atoms with Crippen LogP contribution in [0.25, 0.3) is 0 Å². The summed E-state index contributed by atoms with van der Waals surface area (Å²) in [5, 5.41) is 22.3. The number of para-hydroxylation sites is 4. The molecule has 0 unspecified atom stereocenters. The minimum Gasteiger partial charge on any atom is -0.870 e. The number of unbranched alkanes of at least 4 members (excludes halogenated alkanes) is 8. The van der Waals surface area contributed by atoms with E-state index in [1.54, 1.807) is 30.3 Å². The smallest absolute Gasteiger partial charge is 0.870 e. The maximum atomic E-state index is 12.2. The van der Waals surface area contributed by atoms with Gasteiger partial charge in [0.1, 0.15) is 32.3 Å². The van der Waals surface area contributed by atoms with Gasteiger partial charge in [0.05, 0.1) is 4.90 Å². The van der Waals surface area contributed by atoms with Crippen LogP contribution in [-0.4, -0.2) is 68.8 Å². The van der Waals surface area contributed by atoms with Crippen LogP contribution in [0.4, 0.5) is 0 Å². The number of phenolic OH excluding ortho intramolecular Hbond substituents is 1. The van der Waals surface area contributed by atoms with Crippen LogP contribution in [0, 0.1) is 0 Å². The van der Waals surface area contributed by atoms with Crippen LogP contribution in [0.2, 0.25) is 0 Å². The fourth-order valence-corrected chi connectivity index (χ4v) is 6.52. The van der Waals surface area contributed by atoms with Gasteiger partial charge in [0.25, 0.3) is 10.1 Å². The molecule has 0 spiro atoms. The third-order valence-electron chi connectivity index (χ3n) is 7.91. The molecule has 272 valence electrons. The summed E-state index contributed by atoms with van der Waals surface area (Å²) in [4.78, 5) is -0.792. The minimum absolute atomic E-state index is 0. The molecule has 4 aromatic rings. The summed E-state index contributed by atoms with van der Waals surface area (Å²) in [5.74, 6) is -0.199. The van der Waals surface area contributed by atoms with E-state index in [2.05, 4.69) is 13.8 Å². The van der Waals surface area contributed by atoms with Crippen LogP contribution in [0.5, 0.6) is 34.5 Å². The first-order chi connectivity index (χ1) is 23.9. The quantitative estimate of drug-likeness (QED) is 0.0568. The Hall–Kier alpha value is -2.84. The minimum atomic E-state index is -4.68. The van der Waals surface area contributed by atoms with E-state index in [0.29, 0.717) is 6.42 Å². The second-order valence-electron chi connectivity index (χ2n) is 11.9. The molecule has 0 aromatic heterocycles. The Kier molecular flexibility index (Phi) is 19.4. The number of hydrogen-bond donors (Lipinski definition) is 2. The molecule has 4 rings (SSSR count). The largest absolute Gasteiger partial charge is 2.00 e. The second-order valence-corrected chi connectivity index (χ2v) is 14.6. The van der Waals surface area contributed by atoms with Gasteiger partial charge in [-0.25, -0.2) is 8.42 Å². The summed E-state index contributed by atoms with van der Waals surface area (Å²) in [6.45, 7) is 4.31. The van der Waals surface area contributed by atoms with Gasteiger partial charge in [-0.05, 0) is 67.1 Å². The number of ether oxygens (including phenoxy) is 2. The van der Waals surface area contributed by atoms with Crippen molar-refractivity contribution in [3.05, 3.63) is 96.1 Å². The van der Waals surface area contributed by atoms with Gasteiger partial charge in [-0.1, -0.05) is 126 Å². The van der Waals surface area contributed by atoms with Crippen molar-refractivity contribution in [3.8, 4) is 34.5 Å². The number of rotatable bonds is 18. The molecule has 0 aliphatic carbocycles. The van der Waals surface area contributed by atoms with Crippen molar-refractivity contribution < 1.29 is 45.6 Å². The third kappa shape index (κ3) is 14.6. The Labute approximate surface area is 332 Å². The number of phenols is 1. The van der Waals surface area contributed by atoms with Gasteiger partial charge in [-0.15, -0.1) is 0 Å². The summed E-state index contributed by atoms with van der Waals surface area (Å²) in [7, 11) is -9.10. The molecule has 0 radical (unpaired) electrons. The van der Waals surface area contributed by atoms with Gasteiger partial charge in [0, 0.05) is 0 Å². The maximum Gasteiger partial charge on any atom is 2.00 e. The van der Waals surface area contributed by atoms with Gasteiger partial charge in [0.2, 0.25) is 0 Å². The van der Waals surface area contributed by atoms with Crippen LogP contribution < -0.4 is 14.6 Å². The maximum absolute atomic E-state index is 12.2. The predicted octanol–water partition coefficient (Wildman–Crippen LogP) is 8.53. The SMILES string of the molecule is CCCCCCCc1cccc(O)c1Oc1ccccc1S(=O)(=O)O.CCCCCCCc1cccc([O-])c1Oc1ccccc1S(=O)(=O)[O-].[Ca+2]. The van der Waals surface area contributed by atoms with Gasteiger partial charge in [-0.2, -0.15) is 8.42 Å². The molecule has 0 amide bonds. The van der Waals surface area contributed by atoms with Crippen molar-refractivity contribution in [1.29, 1.82) is 0 Å². The molecule has 2 N–H and O–H groups in total. The van der Waals surface area contributed by atoms with E-state index in [-0.39, 0.29) is 77.1 Å². The fourth-order valence-electron chi connectivity index (χ4n) is 5.31. The first kappa shape index (κ1) is 44.3. The van der Waals surface area contributed by atoms with Crippen LogP contribution in [-0.2, 0) is 33.1 Å². The number of hydrogen-bond acceptors (Lipinski definition) is 9. The summed E-state index contributed by atoms with van der Waals surface area (Å²) in [5.41, 5.74) is 1.53. The zero-order chi connectivity index (χ0) is 36.6. The van der Waals surface area contributed by atoms with Crippen LogP contribution in [0.1, 0.15) is 89.2 Å². The van der Waals surface area contributed by atoms with E-state index in [0.717, 1.165) is 62.5 Å². The zero-order valence-corrected chi connectivity index (χ0v) is 33.1. The van der Waals surface area contributed by atoms with Gasteiger partial charge in [-0.3, -0.25) is 4.55 Å². The molecule has 0 aliphatic heterocycles. The normalized spacial score (nSPS) is 11.2. The van der Waals surface area contributed by atoms with Crippen LogP contribution in [0.15, 0.2) is 94.7 Å². The molecule has 0 atom stereocenters. The average molecular weight is 767 g/mol. The van der Waals surface area contributed by atoms with E-state index < -0.39 is 25.1 Å². The van der Waals surface area contributed by atoms with Gasteiger partial charge >= 0.3 is 37.7 Å². The third-order valence-corrected chi connectivity index (χ3v) is 9.67. The molecule has 0 saturated heterocycles. The van der Waals surface area contributed by atoms with Gasteiger partial charge in [0.15, 0.2) is 11.5 Å². The van der Waals surface area contributed by atoms with E-state index in [1.165, 1.54) is 67.8 Å². The summed E-state index contributed by atoms with van der Waals surface area (Å²) in [6, 6.07) is 21.3. The average Bonchev–Trinajstić information content (AvgIpc) is 3.07. The number of aromatic hydroxyl groups is 1. The van der Waals surface area contributed by atoms with Crippen molar-refractivity contribution in [1.82, 2.24) is 0 Å². The monoisotopic (exact) mass is 766 g/mol. The first-order valence-corrected chi connectivity index (χ1v) is 19.8. The second kappa shape index (κ2) is 22.3. The topological polar surface area (TPSA) is 173 Å². The summed E-state index contributed by atoms with van der Waals surface area (Å²) < 4.78 is 77.7. The van der Waals surface area contributed by atoms with E-state index >= 15 is 0 Å². The Balaban J connectivity index is 0.000000347. The van der Waals surface area contributed by atoms with Gasteiger partial charge < -0.3 is 24.2 Å². The summed E-state index contributed by atoms with van der Waals surface area (Å²) >= 11 is 0. The number of aryl methyl sites for hydroxylation is 2. The van der Waals surface area contributed by atoms with Crippen LogP contribution in [0.3, 0.4) is 0 Å². The standard InChI is InChI=1S/2C19H24O5S.Ca/c2*1-2-3-4-5-6-10-15-11-9-12-16(20)19(15)24-17-13-7-8-14-18(17)25(21,22)23;/h2*7-9,11-14,20H,2-6,10H2,1H3,(H,21,22,23);/q;;+2/p-2. The molecule has 0 aliphatic rings. The first-order valence-electron chi connectivity index (χ1n) is 16.9. The molecule has 10 nitrogen and oxygen atoms in total. The molecular weight excluding hydrogens is 721 g/mol. The van der Waals surface area contributed by atoms with Crippen molar-refractivity contribution in [2.24, 2.45) is 0 Å². The Morgan fingerprint density at radius 3 is 1.57 bits per heavy atom. The van der Waals surface area contributed by atoms with E-state index in [1.807, 2.05) is 6.07 Å². The Morgan fingerprint density at radius 2 is 1.04 bits per heavy atom. The van der Waals surface area contributed by atoms with Crippen molar-refractivity contribution in [2.45, 2.75) is 101 Å². The van der Waals surface area contributed by atoms with E-state index in [9.17, 15) is 36.2 Å². The molecule has 0 fully saturated rings. The molecule has 0 saturated carbocycles. The number of benzene rings is 4. The Bertz CT molecular complexity index is 1740. The molecule has 51 heavy (non-hydrogen) atoms. The zero-order valence-electron chi connectivity index (χ0n) is 29.3. The predicted molar refractivity (Wildman–Crippen MR) is 195 cm³/mol. The molecule has 0 bridgehead atoms. The van der Waals surface area contributed by atoms with Crippen LogP contribution >= 0.6 is 0 Å². The molecule has 4 aromatic carbocycles.